The molecule has 2 aromatic rings. The number of rotatable bonds is 7. The van der Waals surface area contributed by atoms with E-state index >= 15 is 0 Å². The van der Waals surface area contributed by atoms with E-state index in [0.29, 0.717) is 13.2 Å². The van der Waals surface area contributed by atoms with Gasteiger partial charge >= 0.3 is 0 Å². The maximum absolute atomic E-state index is 5.73. The molecule has 2 N–H and O–H groups in total. The van der Waals surface area contributed by atoms with Crippen molar-refractivity contribution in [2.45, 2.75) is 13.1 Å². The van der Waals surface area contributed by atoms with Crippen LogP contribution in [0.25, 0.3) is 0 Å². The number of likely N-dealkylation sites (N-methyl/N-ethyl adjacent to an activating group) is 1. The van der Waals surface area contributed by atoms with Crippen LogP contribution in [0.2, 0.25) is 0 Å². The van der Waals surface area contributed by atoms with E-state index in [1.54, 1.807) is 0 Å². The summed E-state index contributed by atoms with van der Waals surface area (Å²) in [5, 5.41) is 0. The molecule has 20 heavy (non-hydrogen) atoms. The van der Waals surface area contributed by atoms with E-state index < -0.39 is 0 Å². The summed E-state index contributed by atoms with van der Waals surface area (Å²) in [7, 11) is 2.11. The SMILES string of the molecule is CN(CCOc1ccc(CN)cc1)Cc1ccccc1. The Kier molecular flexibility index (Phi) is 5.59. The Labute approximate surface area is 121 Å². The fraction of sp³-hybridized carbons (Fsp3) is 0.294. The number of benzene rings is 2. The summed E-state index contributed by atoms with van der Waals surface area (Å²) < 4.78 is 5.73. The van der Waals surface area contributed by atoms with Gasteiger partial charge < -0.3 is 10.5 Å². The summed E-state index contributed by atoms with van der Waals surface area (Å²) in [4.78, 5) is 2.25. The first kappa shape index (κ1) is 14.6. The predicted octanol–water partition coefficient (Wildman–Crippen LogP) is 2.66. The van der Waals surface area contributed by atoms with E-state index in [-0.39, 0.29) is 0 Å². The third-order valence-corrected chi connectivity index (χ3v) is 3.20. The van der Waals surface area contributed by atoms with Crippen LogP contribution in [0.5, 0.6) is 5.75 Å². The summed E-state index contributed by atoms with van der Waals surface area (Å²) in [5.74, 6) is 0.898. The second-order valence-corrected chi connectivity index (χ2v) is 4.92. The van der Waals surface area contributed by atoms with Gasteiger partial charge in [-0.1, -0.05) is 42.5 Å². The van der Waals surface area contributed by atoms with Crippen LogP contribution >= 0.6 is 0 Å². The zero-order chi connectivity index (χ0) is 14.2. The molecular weight excluding hydrogens is 248 g/mol. The van der Waals surface area contributed by atoms with Crippen LogP contribution in [0.4, 0.5) is 0 Å². The molecule has 0 saturated carbocycles. The maximum Gasteiger partial charge on any atom is 0.119 e. The van der Waals surface area contributed by atoms with E-state index in [1.807, 2.05) is 30.3 Å². The first-order valence-electron chi connectivity index (χ1n) is 6.92. The van der Waals surface area contributed by atoms with Gasteiger partial charge in [-0.25, -0.2) is 0 Å². The summed E-state index contributed by atoms with van der Waals surface area (Å²) >= 11 is 0. The first-order valence-corrected chi connectivity index (χ1v) is 6.92. The average Bonchev–Trinajstić information content (AvgIpc) is 2.49. The Bertz CT molecular complexity index is 496. The lowest BCUT2D eigenvalue weighted by Gasteiger charge is -2.17. The minimum atomic E-state index is 0.570. The molecule has 0 aromatic heterocycles. The Morgan fingerprint density at radius 2 is 1.65 bits per heavy atom. The van der Waals surface area contributed by atoms with Gasteiger partial charge in [0.05, 0.1) is 0 Å². The highest BCUT2D eigenvalue weighted by molar-refractivity contribution is 5.27. The van der Waals surface area contributed by atoms with Gasteiger partial charge in [0.15, 0.2) is 0 Å². The number of hydrogen-bond donors (Lipinski definition) is 1. The van der Waals surface area contributed by atoms with Gasteiger partial charge in [-0.05, 0) is 30.3 Å². The molecule has 0 saturated heterocycles. The molecule has 106 valence electrons. The molecule has 0 fully saturated rings. The molecule has 0 bridgehead atoms. The summed E-state index contributed by atoms with van der Waals surface area (Å²) in [6.45, 7) is 3.09. The van der Waals surface area contributed by atoms with Crippen molar-refractivity contribution in [2.75, 3.05) is 20.2 Å². The number of ether oxygens (including phenoxy) is 1. The molecule has 0 heterocycles. The Morgan fingerprint density at radius 3 is 2.30 bits per heavy atom. The van der Waals surface area contributed by atoms with E-state index in [2.05, 4.69) is 36.2 Å². The molecular formula is C17H22N2O. The lowest BCUT2D eigenvalue weighted by atomic mass is 10.2. The van der Waals surface area contributed by atoms with Gasteiger partial charge in [0.1, 0.15) is 12.4 Å². The molecule has 0 amide bonds. The second kappa shape index (κ2) is 7.68. The summed E-state index contributed by atoms with van der Waals surface area (Å²) in [6, 6.07) is 18.4. The van der Waals surface area contributed by atoms with Crippen molar-refractivity contribution in [2.24, 2.45) is 5.73 Å². The fourth-order valence-corrected chi connectivity index (χ4v) is 2.02. The number of nitrogens with two attached hydrogens (primary N) is 1. The van der Waals surface area contributed by atoms with Gasteiger partial charge in [-0.2, -0.15) is 0 Å². The zero-order valence-electron chi connectivity index (χ0n) is 12.0. The van der Waals surface area contributed by atoms with E-state index in [4.69, 9.17) is 10.5 Å². The maximum atomic E-state index is 5.73. The normalized spacial score (nSPS) is 10.8. The van der Waals surface area contributed by atoms with Crippen LogP contribution in [0.15, 0.2) is 54.6 Å². The smallest absolute Gasteiger partial charge is 0.119 e. The average molecular weight is 270 g/mol. The molecule has 0 aliphatic carbocycles. The van der Waals surface area contributed by atoms with Gasteiger partial charge in [0.2, 0.25) is 0 Å². The summed E-state index contributed by atoms with van der Waals surface area (Å²) in [6.07, 6.45) is 0. The highest BCUT2D eigenvalue weighted by atomic mass is 16.5. The molecule has 2 aromatic carbocycles. The topological polar surface area (TPSA) is 38.5 Å². The number of hydrogen-bond acceptors (Lipinski definition) is 3. The molecule has 0 radical (unpaired) electrons. The second-order valence-electron chi connectivity index (χ2n) is 4.92. The highest BCUT2D eigenvalue weighted by Crippen LogP contribution is 2.11. The van der Waals surface area contributed by atoms with Crippen molar-refractivity contribution >= 4 is 0 Å². The number of nitrogens with zero attached hydrogens (tertiary/aromatic N) is 1. The van der Waals surface area contributed by atoms with Crippen LogP contribution in [0.1, 0.15) is 11.1 Å². The highest BCUT2D eigenvalue weighted by Gasteiger charge is 2.00. The standard InChI is InChI=1S/C17H22N2O/c1-19(14-16-5-3-2-4-6-16)11-12-20-17-9-7-15(13-18)8-10-17/h2-10H,11-14,18H2,1H3. The van der Waals surface area contributed by atoms with Crippen molar-refractivity contribution < 1.29 is 4.74 Å². The Balaban J connectivity index is 1.72. The van der Waals surface area contributed by atoms with Crippen LogP contribution in [-0.4, -0.2) is 25.1 Å². The first-order chi connectivity index (χ1) is 9.78. The Hall–Kier alpha value is -1.84. The van der Waals surface area contributed by atoms with Crippen molar-refractivity contribution in [3.05, 3.63) is 65.7 Å². The molecule has 0 spiro atoms. The third-order valence-electron chi connectivity index (χ3n) is 3.20. The quantitative estimate of drug-likeness (QED) is 0.840. The van der Waals surface area contributed by atoms with Crippen LogP contribution in [-0.2, 0) is 13.1 Å². The van der Waals surface area contributed by atoms with Crippen molar-refractivity contribution in [1.82, 2.24) is 4.90 Å². The largest absolute Gasteiger partial charge is 0.492 e. The van der Waals surface area contributed by atoms with Crippen LogP contribution < -0.4 is 10.5 Å². The van der Waals surface area contributed by atoms with Crippen molar-refractivity contribution in [1.29, 1.82) is 0 Å². The fourth-order valence-electron chi connectivity index (χ4n) is 2.02. The molecule has 0 unspecified atom stereocenters. The zero-order valence-corrected chi connectivity index (χ0v) is 12.0. The Morgan fingerprint density at radius 1 is 0.950 bits per heavy atom. The molecule has 0 aliphatic heterocycles. The monoisotopic (exact) mass is 270 g/mol. The van der Waals surface area contributed by atoms with Crippen LogP contribution in [0.3, 0.4) is 0 Å². The predicted molar refractivity (Wildman–Crippen MR) is 82.6 cm³/mol. The van der Waals surface area contributed by atoms with E-state index in [0.717, 1.165) is 24.4 Å². The van der Waals surface area contributed by atoms with Gasteiger partial charge in [0.25, 0.3) is 0 Å². The molecule has 0 atom stereocenters. The summed E-state index contributed by atoms with van der Waals surface area (Å²) in [5.41, 5.74) is 8.01. The molecule has 0 aliphatic rings. The third kappa shape index (κ3) is 4.68. The minimum Gasteiger partial charge on any atom is -0.492 e. The lowest BCUT2D eigenvalue weighted by molar-refractivity contribution is 0.233. The van der Waals surface area contributed by atoms with Crippen molar-refractivity contribution in [3.8, 4) is 5.75 Å². The van der Waals surface area contributed by atoms with Crippen LogP contribution in [0, 0.1) is 0 Å². The van der Waals surface area contributed by atoms with Gasteiger partial charge in [-0.3, -0.25) is 4.90 Å². The lowest BCUT2D eigenvalue weighted by Crippen LogP contribution is -2.23. The van der Waals surface area contributed by atoms with Gasteiger partial charge in [-0.15, -0.1) is 0 Å². The minimum absolute atomic E-state index is 0.570. The molecule has 3 nitrogen and oxygen atoms in total. The van der Waals surface area contributed by atoms with E-state index in [1.165, 1.54) is 5.56 Å². The molecule has 2 rings (SSSR count). The van der Waals surface area contributed by atoms with E-state index in [9.17, 15) is 0 Å². The van der Waals surface area contributed by atoms with Crippen molar-refractivity contribution in [3.63, 3.8) is 0 Å². The van der Waals surface area contributed by atoms with Gasteiger partial charge in [0, 0.05) is 19.6 Å². The molecule has 3 heteroatoms.